The average molecular weight is 315 g/mol. The van der Waals surface area contributed by atoms with Crippen LogP contribution in [0.4, 0.5) is 0 Å². The Kier molecular flexibility index (Phi) is 5.64. The Hall–Kier alpha value is -0.780. The van der Waals surface area contributed by atoms with Crippen molar-refractivity contribution in [3.63, 3.8) is 0 Å². The second-order valence-electron chi connectivity index (χ2n) is 8.44. The van der Waals surface area contributed by atoms with Gasteiger partial charge in [-0.05, 0) is 65.0 Å². The predicted octanol–water partition coefficient (Wildman–Crippen LogP) is 7.26. The lowest BCUT2D eigenvalue weighted by Gasteiger charge is -2.55. The highest BCUT2D eigenvalue weighted by Gasteiger charge is 2.50. The molecule has 3 rings (SSSR count). The molecule has 1 aromatic carbocycles. The van der Waals surface area contributed by atoms with E-state index < -0.39 is 0 Å². The Morgan fingerprint density at radius 1 is 1.13 bits per heavy atom. The van der Waals surface area contributed by atoms with E-state index in [1.165, 1.54) is 44.1 Å². The highest BCUT2D eigenvalue weighted by Crippen LogP contribution is 2.58. The van der Waals surface area contributed by atoms with Crippen LogP contribution in [0.2, 0.25) is 0 Å². The van der Waals surface area contributed by atoms with Crippen molar-refractivity contribution in [2.24, 2.45) is 11.3 Å². The normalized spacial score (nSPS) is 32.6. The van der Waals surface area contributed by atoms with Crippen molar-refractivity contribution >= 4 is 0 Å². The Balaban J connectivity index is 0.000000924. The van der Waals surface area contributed by atoms with E-state index in [1.807, 2.05) is 13.8 Å². The lowest BCUT2D eigenvalue weighted by Crippen LogP contribution is -2.48. The van der Waals surface area contributed by atoms with Crippen LogP contribution < -0.4 is 0 Å². The maximum absolute atomic E-state index is 2.57. The molecular weight excluding hydrogens is 276 g/mol. The van der Waals surface area contributed by atoms with E-state index in [9.17, 15) is 0 Å². The second kappa shape index (κ2) is 6.99. The Bertz CT molecular complexity index is 527. The number of hydrogen-bond acceptors (Lipinski definition) is 0. The fourth-order valence-corrected chi connectivity index (χ4v) is 5.43. The molecular formula is C23H38. The van der Waals surface area contributed by atoms with Crippen LogP contribution in [-0.4, -0.2) is 0 Å². The van der Waals surface area contributed by atoms with E-state index in [0.29, 0.717) is 16.7 Å². The third-order valence-electron chi connectivity index (χ3n) is 6.98. The molecule has 130 valence electrons. The van der Waals surface area contributed by atoms with Crippen LogP contribution in [-0.2, 0) is 11.8 Å². The van der Waals surface area contributed by atoms with Crippen LogP contribution in [0, 0.1) is 11.3 Å². The Morgan fingerprint density at radius 2 is 1.83 bits per heavy atom. The highest BCUT2D eigenvalue weighted by atomic mass is 14.5. The van der Waals surface area contributed by atoms with Gasteiger partial charge in [0.05, 0.1) is 0 Å². The summed E-state index contributed by atoms with van der Waals surface area (Å²) in [4.78, 5) is 0. The molecule has 0 aromatic heterocycles. The van der Waals surface area contributed by atoms with Gasteiger partial charge < -0.3 is 0 Å². The topological polar surface area (TPSA) is 0 Å². The molecule has 0 N–H and O–H groups in total. The maximum Gasteiger partial charge on any atom is -0.00390 e. The fraction of sp³-hybridized carbons (Fsp3) is 0.739. The summed E-state index contributed by atoms with van der Waals surface area (Å²) >= 11 is 0. The van der Waals surface area contributed by atoms with Gasteiger partial charge in [-0.2, -0.15) is 0 Å². The van der Waals surface area contributed by atoms with E-state index in [2.05, 4.69) is 52.8 Å². The molecule has 1 fully saturated rings. The molecule has 3 atom stereocenters. The first-order valence-corrected chi connectivity index (χ1v) is 10.0. The molecule has 0 aliphatic heterocycles. The van der Waals surface area contributed by atoms with Gasteiger partial charge >= 0.3 is 0 Å². The van der Waals surface area contributed by atoms with Gasteiger partial charge in [0.1, 0.15) is 0 Å². The molecule has 23 heavy (non-hydrogen) atoms. The van der Waals surface area contributed by atoms with Gasteiger partial charge in [-0.25, -0.2) is 0 Å². The summed E-state index contributed by atoms with van der Waals surface area (Å²) in [5, 5.41) is 0. The van der Waals surface area contributed by atoms with Gasteiger partial charge in [-0.1, -0.05) is 79.5 Å². The molecule has 2 aliphatic carbocycles. The number of fused-ring (bicyclic) bond motifs is 3. The fourth-order valence-electron chi connectivity index (χ4n) is 5.43. The predicted molar refractivity (Wildman–Crippen MR) is 103 cm³/mol. The van der Waals surface area contributed by atoms with Crippen molar-refractivity contribution in [1.82, 2.24) is 0 Å². The summed E-state index contributed by atoms with van der Waals surface area (Å²) in [5.41, 5.74) is 5.83. The minimum Gasteiger partial charge on any atom is -0.0683 e. The van der Waals surface area contributed by atoms with Crippen LogP contribution in [0.5, 0.6) is 0 Å². The summed E-state index contributed by atoms with van der Waals surface area (Å²) in [6.45, 7) is 16.1. The first-order valence-electron chi connectivity index (χ1n) is 10.0. The summed E-state index contributed by atoms with van der Waals surface area (Å²) in [6, 6.07) is 7.40. The van der Waals surface area contributed by atoms with Crippen LogP contribution in [0.15, 0.2) is 18.2 Å². The van der Waals surface area contributed by atoms with E-state index >= 15 is 0 Å². The largest absolute Gasteiger partial charge is 0.0683 e. The molecule has 0 radical (unpaired) electrons. The van der Waals surface area contributed by atoms with Crippen molar-refractivity contribution < 1.29 is 0 Å². The smallest absolute Gasteiger partial charge is 0.00390 e. The molecule has 2 aliphatic rings. The first kappa shape index (κ1) is 18.6. The zero-order valence-electron chi connectivity index (χ0n) is 16.6. The summed E-state index contributed by atoms with van der Waals surface area (Å²) < 4.78 is 0. The second-order valence-corrected chi connectivity index (χ2v) is 8.44. The lowest BCUT2D eigenvalue weighted by atomic mass is 9.49. The minimum atomic E-state index is 0.423. The molecule has 3 unspecified atom stereocenters. The third kappa shape index (κ3) is 3.11. The molecule has 0 spiro atoms. The zero-order chi connectivity index (χ0) is 17.3. The monoisotopic (exact) mass is 314 g/mol. The van der Waals surface area contributed by atoms with Crippen molar-refractivity contribution in [2.75, 3.05) is 0 Å². The molecule has 1 aromatic rings. The Labute approximate surface area is 145 Å². The van der Waals surface area contributed by atoms with Crippen LogP contribution in [0.25, 0.3) is 0 Å². The number of rotatable bonds is 2. The van der Waals surface area contributed by atoms with Gasteiger partial charge in [0, 0.05) is 0 Å². The summed E-state index contributed by atoms with van der Waals surface area (Å²) in [5.74, 6) is 1.52. The van der Waals surface area contributed by atoms with E-state index in [1.54, 1.807) is 11.1 Å². The third-order valence-corrected chi connectivity index (χ3v) is 6.98. The molecule has 1 saturated carbocycles. The van der Waals surface area contributed by atoms with E-state index in [4.69, 9.17) is 0 Å². The number of benzene rings is 1. The average Bonchev–Trinajstić information content (AvgIpc) is 2.56. The van der Waals surface area contributed by atoms with Crippen LogP contribution in [0.1, 0.15) is 103 Å². The summed E-state index contributed by atoms with van der Waals surface area (Å²) in [6.07, 6.45) is 8.26. The van der Waals surface area contributed by atoms with E-state index in [-0.39, 0.29) is 0 Å². The molecule has 0 heterocycles. The van der Waals surface area contributed by atoms with E-state index in [0.717, 1.165) is 5.92 Å². The standard InChI is InChI=1S/C21H32.C2H6/c1-6-20(4)12-7-13-21(5)18-10-8-16(15(2)3)14-17(18)9-11-19(20)21;1-2/h8,10,14-15,19H,6-7,9,11-13H2,1-5H3;1-2H3. The first-order chi connectivity index (χ1) is 10.9. The van der Waals surface area contributed by atoms with Crippen molar-refractivity contribution in [1.29, 1.82) is 0 Å². The molecule has 0 heteroatoms. The SMILES string of the molecule is CC.CCC1(C)CCCC2(C)c3ccc(C(C)C)cc3CCC12. The minimum absolute atomic E-state index is 0.423. The van der Waals surface area contributed by atoms with Gasteiger partial charge in [-0.3, -0.25) is 0 Å². The zero-order valence-corrected chi connectivity index (χ0v) is 16.6. The van der Waals surface area contributed by atoms with Gasteiger partial charge in [0.2, 0.25) is 0 Å². The van der Waals surface area contributed by atoms with Crippen molar-refractivity contribution in [2.45, 2.75) is 98.3 Å². The number of hydrogen-bond donors (Lipinski definition) is 0. The maximum atomic E-state index is 2.57. The number of aryl methyl sites for hydroxylation is 1. The quantitative estimate of drug-likeness (QED) is 0.539. The molecule has 0 amide bonds. The highest BCUT2D eigenvalue weighted by molar-refractivity contribution is 5.42. The van der Waals surface area contributed by atoms with Crippen LogP contribution in [0.3, 0.4) is 0 Å². The summed E-state index contributed by atoms with van der Waals surface area (Å²) in [7, 11) is 0. The van der Waals surface area contributed by atoms with Gasteiger partial charge in [0.15, 0.2) is 0 Å². The van der Waals surface area contributed by atoms with Gasteiger partial charge in [0.25, 0.3) is 0 Å². The Morgan fingerprint density at radius 3 is 2.43 bits per heavy atom. The lowest BCUT2D eigenvalue weighted by molar-refractivity contribution is 0.0226. The molecule has 0 nitrogen and oxygen atoms in total. The van der Waals surface area contributed by atoms with Crippen LogP contribution >= 0.6 is 0 Å². The molecule has 0 saturated heterocycles. The van der Waals surface area contributed by atoms with Crippen molar-refractivity contribution in [3.05, 3.63) is 34.9 Å². The molecule has 0 bridgehead atoms. The van der Waals surface area contributed by atoms with Gasteiger partial charge in [-0.15, -0.1) is 0 Å². The van der Waals surface area contributed by atoms with Crippen molar-refractivity contribution in [3.8, 4) is 0 Å².